The van der Waals surface area contributed by atoms with Crippen molar-refractivity contribution in [2.45, 2.75) is 74.8 Å². The van der Waals surface area contributed by atoms with Gasteiger partial charge in [0.25, 0.3) is 0 Å². The number of nitrogens with zero attached hydrogens (tertiary/aromatic N) is 7. The van der Waals surface area contributed by atoms with Crippen molar-refractivity contribution in [3.05, 3.63) is 344 Å². The summed E-state index contributed by atoms with van der Waals surface area (Å²) in [5.41, 5.74) is 26.8. The van der Waals surface area contributed by atoms with Gasteiger partial charge in [0, 0.05) is 127 Å². The van der Waals surface area contributed by atoms with Crippen LogP contribution in [0.3, 0.4) is 0 Å². The van der Waals surface area contributed by atoms with Crippen molar-refractivity contribution in [1.82, 2.24) is 25.3 Å². The van der Waals surface area contributed by atoms with Gasteiger partial charge in [0.15, 0.2) is 5.78 Å². The number of alkyl carbamates (subject to hydrolysis) is 1. The van der Waals surface area contributed by atoms with E-state index in [9.17, 15) is 9.59 Å². The summed E-state index contributed by atoms with van der Waals surface area (Å²) in [6, 6.07) is 85.9. The van der Waals surface area contributed by atoms with Crippen LogP contribution in [0.4, 0.5) is 16.4 Å². The molecule has 534 valence electrons. The number of ketones is 1. The van der Waals surface area contributed by atoms with Gasteiger partial charge in [0.05, 0.1) is 53.9 Å². The van der Waals surface area contributed by atoms with Crippen LogP contribution in [0.2, 0.25) is 10.3 Å². The fraction of sp³-hybridized carbons (Fsp3) is 0.161. The Hall–Kier alpha value is -11.3. The maximum atomic E-state index is 13.1. The van der Waals surface area contributed by atoms with Crippen LogP contribution in [0.5, 0.6) is 0 Å². The van der Waals surface area contributed by atoms with Gasteiger partial charge >= 0.3 is 6.09 Å². The number of halogens is 2. The average molecular weight is 1450 g/mol. The van der Waals surface area contributed by atoms with E-state index in [0.29, 0.717) is 52.3 Å². The number of hydrogen-bond acceptors (Lipinski definition) is 13. The highest BCUT2D eigenvalue weighted by molar-refractivity contribution is 6.30. The third kappa shape index (κ3) is 21.7. The predicted octanol–water partition coefficient (Wildman–Crippen LogP) is 18.7. The molecule has 12 radical (unpaired) electrons. The summed E-state index contributed by atoms with van der Waals surface area (Å²) in [6.45, 7) is 7.48. The minimum absolute atomic E-state index is 0. The zero-order valence-electron chi connectivity index (χ0n) is 58.7. The maximum absolute atomic E-state index is 13.1. The Bertz CT molecular complexity index is 4820. The number of amides is 1. The molecule has 0 unspecified atom stereocenters. The first-order valence-corrected chi connectivity index (χ1v) is 33.5. The van der Waals surface area contributed by atoms with Crippen LogP contribution in [0, 0.1) is 0 Å². The summed E-state index contributed by atoms with van der Waals surface area (Å²) in [7, 11) is 5.28. The van der Waals surface area contributed by atoms with Crippen molar-refractivity contribution < 1.29 is 14.3 Å². The lowest BCUT2D eigenvalue weighted by molar-refractivity contribution is 0.0523. The van der Waals surface area contributed by atoms with Crippen LogP contribution < -0.4 is 21.7 Å². The Balaban J connectivity index is 0.000000294. The van der Waals surface area contributed by atoms with E-state index in [-0.39, 0.29) is 68.3 Å². The Morgan fingerprint density at radius 1 is 0.421 bits per heavy atom. The minimum atomic E-state index is -0.597. The summed E-state index contributed by atoms with van der Waals surface area (Å²) in [6.07, 6.45) is 1.40. The highest BCUT2D eigenvalue weighted by Gasteiger charge is 2.25. The first kappa shape index (κ1) is 88.1. The molecular formula is C87H87B4Cl2N11O3. The normalized spacial score (nSPS) is 11.2. The van der Waals surface area contributed by atoms with E-state index in [4.69, 9.17) is 47.9 Å². The lowest BCUT2D eigenvalue weighted by Gasteiger charge is -2.20. The molecule has 15 rings (SSSR count). The number of nitrogens with two attached hydrogens (primary N) is 1. The summed E-state index contributed by atoms with van der Waals surface area (Å²) in [5, 5.41) is 9.79. The third-order valence-corrected chi connectivity index (χ3v) is 16.8. The molecule has 20 heteroatoms. The number of aliphatic imine (C=N–C) groups is 3. The summed E-state index contributed by atoms with van der Waals surface area (Å²) >= 11 is 12.3. The SMILES string of the molecule is C.C.C.CC(C)(C)OC(=O)NCc1ccc(Cl)nc1-c1ccccc1C(=O)c1ccccc1.CN.CNc1cc2c(cn1)CN=C(c1ccccc1)c1ccccc1-2.CNc1ccc2c(n1)-c1ccccc1C(c1ccccc1)=NC2.Clc1ccc2c(n1)-c1ccccc1C(c1ccccc1)=NC2.[B].[B].[B].[B]. The van der Waals surface area contributed by atoms with Crippen molar-refractivity contribution in [2.75, 3.05) is 31.8 Å². The van der Waals surface area contributed by atoms with Crippen molar-refractivity contribution >= 4 is 97.5 Å². The fourth-order valence-electron chi connectivity index (χ4n) is 11.8. The predicted molar refractivity (Wildman–Crippen MR) is 451 cm³/mol. The quantitative estimate of drug-likeness (QED) is 0.0581. The number of anilines is 2. The second-order valence-corrected chi connectivity index (χ2v) is 24.8. The molecule has 0 bridgehead atoms. The van der Waals surface area contributed by atoms with Crippen LogP contribution in [-0.4, -0.2) is 109 Å². The van der Waals surface area contributed by atoms with E-state index in [0.717, 1.165) is 101 Å². The molecule has 8 aromatic carbocycles. The monoisotopic (exact) mass is 1450 g/mol. The van der Waals surface area contributed by atoms with Gasteiger partial charge in [-0.25, -0.2) is 24.7 Å². The Labute approximate surface area is 649 Å². The fourth-order valence-corrected chi connectivity index (χ4v) is 12.1. The Kier molecular flexibility index (Phi) is 34.6. The molecule has 12 aromatic rings. The molecule has 3 aliphatic heterocycles. The second kappa shape index (κ2) is 42.0. The molecular weight excluding hydrogens is 1360 g/mol. The number of fused-ring (bicyclic) bond motifs is 9. The molecule has 4 aromatic heterocycles. The molecule has 1 amide bonds. The number of ether oxygens (including phenoxy) is 1. The zero-order chi connectivity index (χ0) is 70.0. The van der Waals surface area contributed by atoms with E-state index in [1.54, 1.807) is 51.1 Å². The van der Waals surface area contributed by atoms with Gasteiger partial charge in [0.1, 0.15) is 27.5 Å². The average Bonchev–Trinajstić information content (AvgIpc) is 1.79. The van der Waals surface area contributed by atoms with Gasteiger partial charge < -0.3 is 26.4 Å². The molecule has 7 heterocycles. The third-order valence-electron chi connectivity index (χ3n) is 16.4. The molecule has 0 fully saturated rings. The highest BCUT2D eigenvalue weighted by atomic mass is 35.5. The van der Waals surface area contributed by atoms with E-state index in [2.05, 4.69) is 170 Å². The van der Waals surface area contributed by atoms with Gasteiger partial charge in [-0.1, -0.05) is 282 Å². The topological polar surface area (TPSA) is 194 Å². The molecule has 3 aliphatic rings. The first-order chi connectivity index (χ1) is 48.8. The molecule has 0 spiro atoms. The number of nitrogens with one attached hydrogen (secondary N) is 3. The molecule has 0 atom stereocenters. The second-order valence-electron chi connectivity index (χ2n) is 24.0. The minimum Gasteiger partial charge on any atom is -0.444 e. The summed E-state index contributed by atoms with van der Waals surface area (Å²) < 4.78 is 5.30. The van der Waals surface area contributed by atoms with E-state index in [1.807, 2.05) is 117 Å². The van der Waals surface area contributed by atoms with Crippen molar-refractivity contribution in [3.8, 4) is 44.9 Å². The zero-order valence-corrected chi connectivity index (χ0v) is 60.2. The van der Waals surface area contributed by atoms with Gasteiger partial charge in [0.2, 0.25) is 0 Å². The molecule has 0 aliphatic carbocycles. The van der Waals surface area contributed by atoms with Crippen LogP contribution >= 0.6 is 23.2 Å². The standard InChI is InChI=1S/C24H23ClN2O3.2C20H17N3.C19H13ClN2.CH5N.3CH4.4B/c1-24(2,3)30-23(29)26-15-17-13-14-20(25)27-21(17)18-11-7-8-12-19(18)22(28)16-9-5-4-6-10-16;1-21-19-11-18-15(12-22-19)13-23-20(14-7-3-2-4-8-14)17-10-6-5-9-16(17)18;1-21-18-12-11-15-13-22-19(14-7-3-2-4-8-14)16-9-5-6-10-17(16)20(15)23-18;20-17-11-10-14-12-21-18(13-6-2-1-3-7-13)15-8-4-5-9-16(15)19(14)22-17;1-2;;;;;;;/h4-14H,15H2,1-3H3,(H,26,29);2-12H,13H2,1H3,(H,21,22);2-12H,13H2,1H3,(H,21,23);1-11H,12H2;2H2,1H3;3*1H4;;;;. The summed E-state index contributed by atoms with van der Waals surface area (Å²) in [4.78, 5) is 58.0. The number of hydrogen-bond donors (Lipinski definition) is 4. The van der Waals surface area contributed by atoms with E-state index < -0.39 is 11.7 Å². The van der Waals surface area contributed by atoms with Crippen LogP contribution in [0.25, 0.3) is 44.9 Å². The molecule has 0 saturated carbocycles. The lowest BCUT2D eigenvalue weighted by Crippen LogP contribution is -2.32. The molecule has 14 nitrogen and oxygen atoms in total. The first-order valence-electron chi connectivity index (χ1n) is 32.8. The Morgan fingerprint density at radius 3 is 1.28 bits per heavy atom. The number of benzene rings is 8. The summed E-state index contributed by atoms with van der Waals surface area (Å²) in [5.74, 6) is 1.64. The van der Waals surface area contributed by atoms with Gasteiger partial charge in [-0.15, -0.1) is 0 Å². The van der Waals surface area contributed by atoms with Crippen LogP contribution in [-0.2, 0) is 30.9 Å². The van der Waals surface area contributed by atoms with Crippen molar-refractivity contribution in [3.63, 3.8) is 0 Å². The lowest BCUT2D eigenvalue weighted by atomic mass is 9.93. The van der Waals surface area contributed by atoms with Crippen molar-refractivity contribution in [1.29, 1.82) is 0 Å². The van der Waals surface area contributed by atoms with Gasteiger partial charge in [-0.3, -0.25) is 19.8 Å². The Morgan fingerprint density at radius 2 is 0.804 bits per heavy atom. The molecule has 107 heavy (non-hydrogen) atoms. The molecule has 5 N–H and O–H groups in total. The number of pyridine rings is 4. The maximum Gasteiger partial charge on any atom is 0.407 e. The van der Waals surface area contributed by atoms with E-state index in [1.165, 1.54) is 23.7 Å². The van der Waals surface area contributed by atoms with E-state index >= 15 is 0 Å². The van der Waals surface area contributed by atoms with Gasteiger partial charge in [-0.2, -0.15) is 0 Å². The van der Waals surface area contributed by atoms with Crippen LogP contribution in [0.15, 0.2) is 282 Å². The number of carbonyl (C=O) groups excluding carboxylic acids is 2. The molecule has 0 saturated heterocycles. The number of carbonyl (C=O) groups is 2. The highest BCUT2D eigenvalue weighted by Crippen LogP contribution is 2.37. The van der Waals surface area contributed by atoms with Crippen LogP contribution in [0.1, 0.15) is 115 Å². The number of aromatic nitrogens is 4. The number of rotatable bonds is 10. The smallest absolute Gasteiger partial charge is 0.407 e. The van der Waals surface area contributed by atoms with Gasteiger partial charge in [-0.05, 0) is 79.9 Å². The largest absolute Gasteiger partial charge is 0.444 e. The van der Waals surface area contributed by atoms with Crippen molar-refractivity contribution in [2.24, 2.45) is 20.7 Å².